The van der Waals surface area contributed by atoms with Gasteiger partial charge >= 0.3 is 5.97 Å². The zero-order valence-corrected chi connectivity index (χ0v) is 12.5. The van der Waals surface area contributed by atoms with Gasteiger partial charge in [-0.15, -0.1) is 0 Å². The van der Waals surface area contributed by atoms with E-state index in [9.17, 15) is 9.18 Å². The second-order valence-electron chi connectivity index (χ2n) is 5.79. The molecule has 0 aliphatic carbocycles. The van der Waals surface area contributed by atoms with Crippen molar-refractivity contribution in [2.75, 3.05) is 0 Å². The van der Waals surface area contributed by atoms with Crippen molar-refractivity contribution >= 4 is 5.97 Å². The van der Waals surface area contributed by atoms with Crippen molar-refractivity contribution in [1.29, 1.82) is 0 Å². The van der Waals surface area contributed by atoms with Crippen LogP contribution in [0.2, 0.25) is 0 Å². The molecule has 21 heavy (non-hydrogen) atoms. The van der Waals surface area contributed by atoms with E-state index >= 15 is 0 Å². The third-order valence-corrected chi connectivity index (χ3v) is 4.09. The summed E-state index contributed by atoms with van der Waals surface area (Å²) in [6.07, 6.45) is 1.01. The van der Waals surface area contributed by atoms with Gasteiger partial charge in [0.15, 0.2) is 0 Å². The molecule has 2 nitrogen and oxygen atoms in total. The van der Waals surface area contributed by atoms with Crippen LogP contribution in [-0.2, 0) is 5.41 Å². The van der Waals surface area contributed by atoms with Crippen LogP contribution in [0.5, 0.6) is 0 Å². The Kier molecular flexibility index (Phi) is 4.12. The molecule has 1 N–H and O–H groups in total. The van der Waals surface area contributed by atoms with E-state index in [1.807, 2.05) is 24.3 Å². The average Bonchev–Trinajstić information content (AvgIpc) is 2.47. The number of rotatable bonds is 4. The Morgan fingerprint density at radius 2 is 1.76 bits per heavy atom. The SMILES string of the molecule is CCC(C)(C)c1ccc(-c2cccc(C(=O)O)c2F)cc1. The number of hydrogen-bond acceptors (Lipinski definition) is 1. The van der Waals surface area contributed by atoms with Gasteiger partial charge in [-0.05, 0) is 29.0 Å². The largest absolute Gasteiger partial charge is 0.478 e. The fourth-order valence-corrected chi connectivity index (χ4v) is 2.23. The molecule has 110 valence electrons. The highest BCUT2D eigenvalue weighted by Gasteiger charge is 2.19. The number of carbonyl (C=O) groups is 1. The molecule has 0 aliphatic rings. The Balaban J connectivity index is 2.45. The molecule has 0 fully saturated rings. The molecule has 0 aromatic heterocycles. The first-order valence-corrected chi connectivity index (χ1v) is 6.99. The Labute approximate surface area is 124 Å². The molecule has 0 saturated heterocycles. The number of carboxylic acids is 1. The van der Waals surface area contributed by atoms with Gasteiger partial charge in [0.2, 0.25) is 0 Å². The Morgan fingerprint density at radius 3 is 2.29 bits per heavy atom. The molecule has 2 rings (SSSR count). The molecule has 2 aromatic carbocycles. The second kappa shape index (κ2) is 5.68. The number of carboxylic acid groups (broad SMARTS) is 1. The molecule has 0 radical (unpaired) electrons. The van der Waals surface area contributed by atoms with E-state index in [2.05, 4.69) is 20.8 Å². The predicted octanol–water partition coefficient (Wildman–Crippen LogP) is 4.88. The Hall–Kier alpha value is -2.16. The third kappa shape index (κ3) is 2.97. The van der Waals surface area contributed by atoms with Gasteiger partial charge in [-0.1, -0.05) is 57.2 Å². The number of halogens is 1. The van der Waals surface area contributed by atoms with E-state index in [-0.39, 0.29) is 11.0 Å². The van der Waals surface area contributed by atoms with Gasteiger partial charge < -0.3 is 5.11 Å². The van der Waals surface area contributed by atoms with E-state index in [4.69, 9.17) is 5.11 Å². The summed E-state index contributed by atoms with van der Waals surface area (Å²) < 4.78 is 14.2. The quantitative estimate of drug-likeness (QED) is 0.869. The highest BCUT2D eigenvalue weighted by atomic mass is 19.1. The van der Waals surface area contributed by atoms with E-state index in [0.29, 0.717) is 11.1 Å². The summed E-state index contributed by atoms with van der Waals surface area (Å²) in [5.41, 5.74) is 1.95. The average molecular weight is 286 g/mol. The normalized spacial score (nSPS) is 11.4. The van der Waals surface area contributed by atoms with Gasteiger partial charge in [-0.2, -0.15) is 0 Å². The van der Waals surface area contributed by atoms with Crippen LogP contribution >= 0.6 is 0 Å². The van der Waals surface area contributed by atoms with Gasteiger partial charge in [-0.3, -0.25) is 0 Å². The minimum atomic E-state index is -1.25. The van der Waals surface area contributed by atoms with Crippen molar-refractivity contribution < 1.29 is 14.3 Å². The summed E-state index contributed by atoms with van der Waals surface area (Å²) in [5, 5.41) is 8.98. The van der Waals surface area contributed by atoms with Gasteiger partial charge in [0.05, 0.1) is 5.56 Å². The van der Waals surface area contributed by atoms with Crippen molar-refractivity contribution in [1.82, 2.24) is 0 Å². The molecule has 2 aromatic rings. The van der Waals surface area contributed by atoms with Crippen LogP contribution in [0.15, 0.2) is 42.5 Å². The van der Waals surface area contributed by atoms with Gasteiger partial charge in [0.25, 0.3) is 0 Å². The van der Waals surface area contributed by atoms with E-state index in [0.717, 1.165) is 6.42 Å². The molecule has 0 bridgehead atoms. The second-order valence-corrected chi connectivity index (χ2v) is 5.79. The lowest BCUT2D eigenvalue weighted by Gasteiger charge is -2.23. The maximum absolute atomic E-state index is 14.2. The fraction of sp³-hybridized carbons (Fsp3) is 0.278. The fourth-order valence-electron chi connectivity index (χ4n) is 2.23. The lowest BCUT2D eigenvalue weighted by Crippen LogP contribution is -2.15. The standard InChI is InChI=1S/C18H19FO2/c1-4-18(2,3)13-10-8-12(9-11-13)14-6-5-7-15(16(14)19)17(20)21/h5-11H,4H2,1-3H3,(H,20,21). The molecule has 0 unspecified atom stereocenters. The lowest BCUT2D eigenvalue weighted by molar-refractivity contribution is 0.0692. The van der Waals surface area contributed by atoms with Crippen molar-refractivity contribution in [2.45, 2.75) is 32.6 Å². The van der Waals surface area contributed by atoms with Crippen LogP contribution in [0.25, 0.3) is 11.1 Å². The zero-order valence-electron chi connectivity index (χ0n) is 12.5. The lowest BCUT2D eigenvalue weighted by atomic mass is 9.82. The van der Waals surface area contributed by atoms with Crippen LogP contribution in [-0.4, -0.2) is 11.1 Å². The molecule has 0 heterocycles. The first kappa shape index (κ1) is 15.2. The van der Waals surface area contributed by atoms with Crippen LogP contribution in [0, 0.1) is 5.82 Å². The maximum Gasteiger partial charge on any atom is 0.338 e. The highest BCUT2D eigenvalue weighted by Crippen LogP contribution is 2.30. The first-order valence-electron chi connectivity index (χ1n) is 6.99. The molecule has 0 aliphatic heterocycles. The van der Waals surface area contributed by atoms with Crippen molar-refractivity contribution in [2.24, 2.45) is 0 Å². The molecule has 0 saturated carbocycles. The molecule has 0 amide bonds. The van der Waals surface area contributed by atoms with E-state index in [1.165, 1.54) is 11.6 Å². The van der Waals surface area contributed by atoms with E-state index in [1.54, 1.807) is 12.1 Å². The minimum Gasteiger partial charge on any atom is -0.478 e. The smallest absolute Gasteiger partial charge is 0.338 e. The predicted molar refractivity (Wildman–Crippen MR) is 82.1 cm³/mol. The van der Waals surface area contributed by atoms with Crippen molar-refractivity contribution in [3.05, 3.63) is 59.4 Å². The number of aromatic carboxylic acids is 1. The van der Waals surface area contributed by atoms with Gasteiger partial charge in [0.1, 0.15) is 5.82 Å². The third-order valence-electron chi connectivity index (χ3n) is 4.09. The summed E-state index contributed by atoms with van der Waals surface area (Å²) in [6.45, 7) is 6.45. The van der Waals surface area contributed by atoms with Crippen LogP contribution in [0.1, 0.15) is 43.1 Å². The Morgan fingerprint density at radius 1 is 1.14 bits per heavy atom. The molecule has 0 spiro atoms. The molecular formula is C18H19FO2. The van der Waals surface area contributed by atoms with Gasteiger partial charge in [-0.25, -0.2) is 9.18 Å². The van der Waals surface area contributed by atoms with Crippen LogP contribution in [0.4, 0.5) is 4.39 Å². The number of hydrogen-bond donors (Lipinski definition) is 1. The zero-order chi connectivity index (χ0) is 15.6. The Bertz CT molecular complexity index is 657. The summed E-state index contributed by atoms with van der Waals surface area (Å²) >= 11 is 0. The monoisotopic (exact) mass is 286 g/mol. The first-order chi connectivity index (χ1) is 9.86. The summed E-state index contributed by atoms with van der Waals surface area (Å²) in [6, 6.07) is 12.1. The summed E-state index contributed by atoms with van der Waals surface area (Å²) in [5.74, 6) is -1.94. The van der Waals surface area contributed by atoms with Crippen molar-refractivity contribution in [3.8, 4) is 11.1 Å². The molecule has 0 atom stereocenters. The minimum absolute atomic E-state index is 0.0694. The summed E-state index contributed by atoms with van der Waals surface area (Å²) in [4.78, 5) is 11.0. The summed E-state index contributed by atoms with van der Waals surface area (Å²) in [7, 11) is 0. The maximum atomic E-state index is 14.2. The van der Waals surface area contributed by atoms with Crippen LogP contribution < -0.4 is 0 Å². The number of benzene rings is 2. The van der Waals surface area contributed by atoms with Crippen molar-refractivity contribution in [3.63, 3.8) is 0 Å². The van der Waals surface area contributed by atoms with Crippen LogP contribution in [0.3, 0.4) is 0 Å². The van der Waals surface area contributed by atoms with Gasteiger partial charge in [0, 0.05) is 5.56 Å². The van der Waals surface area contributed by atoms with E-state index < -0.39 is 11.8 Å². The molecule has 3 heteroatoms. The topological polar surface area (TPSA) is 37.3 Å². The highest BCUT2D eigenvalue weighted by molar-refractivity contribution is 5.90. The molecular weight excluding hydrogens is 267 g/mol.